The number of hydrogen-bond acceptors (Lipinski definition) is 5. The fourth-order valence-corrected chi connectivity index (χ4v) is 2.38. The second kappa shape index (κ2) is 4.50. The summed E-state index contributed by atoms with van der Waals surface area (Å²) in [5, 5.41) is 0. The first-order chi connectivity index (χ1) is 6.86. The van der Waals surface area contributed by atoms with E-state index in [-0.39, 0.29) is 0 Å². The lowest BCUT2D eigenvalue weighted by atomic mass is 10.4. The monoisotopic (exact) mass is 210 g/mol. The van der Waals surface area contributed by atoms with Gasteiger partial charge in [-0.2, -0.15) is 11.8 Å². The third-order valence-corrected chi connectivity index (χ3v) is 3.24. The molecule has 1 aliphatic heterocycles. The third-order valence-electron chi connectivity index (χ3n) is 2.19. The SMILES string of the molecule is Nc1cncc(N2CCCSCC2)n1. The van der Waals surface area contributed by atoms with E-state index in [0.717, 1.165) is 24.7 Å². The van der Waals surface area contributed by atoms with Gasteiger partial charge < -0.3 is 10.6 Å². The first kappa shape index (κ1) is 9.58. The minimum Gasteiger partial charge on any atom is -0.382 e. The van der Waals surface area contributed by atoms with Gasteiger partial charge in [0, 0.05) is 18.8 Å². The molecule has 1 saturated heterocycles. The molecule has 1 aromatic rings. The van der Waals surface area contributed by atoms with Crippen molar-refractivity contribution in [2.24, 2.45) is 0 Å². The molecule has 0 amide bonds. The van der Waals surface area contributed by atoms with Crippen LogP contribution >= 0.6 is 11.8 Å². The first-order valence-electron chi connectivity index (χ1n) is 4.76. The van der Waals surface area contributed by atoms with Gasteiger partial charge in [0.15, 0.2) is 0 Å². The lowest BCUT2D eigenvalue weighted by molar-refractivity contribution is 0.799. The van der Waals surface area contributed by atoms with Gasteiger partial charge in [-0.15, -0.1) is 0 Å². The van der Waals surface area contributed by atoms with Crippen molar-refractivity contribution in [2.45, 2.75) is 6.42 Å². The lowest BCUT2D eigenvalue weighted by Gasteiger charge is -2.20. The highest BCUT2D eigenvalue weighted by atomic mass is 32.2. The standard InChI is InChI=1S/C9H14N4S/c10-8-6-11-7-9(12-8)13-2-1-4-14-5-3-13/h6-7H,1-5H2,(H2,10,12). The van der Waals surface area contributed by atoms with Gasteiger partial charge in [-0.1, -0.05) is 0 Å². The maximum Gasteiger partial charge on any atom is 0.149 e. The molecule has 2 N–H and O–H groups in total. The van der Waals surface area contributed by atoms with E-state index in [1.54, 1.807) is 12.4 Å². The summed E-state index contributed by atoms with van der Waals surface area (Å²) in [6.45, 7) is 2.11. The number of thioether (sulfide) groups is 1. The van der Waals surface area contributed by atoms with Crippen molar-refractivity contribution in [1.82, 2.24) is 9.97 Å². The quantitative estimate of drug-likeness (QED) is 0.749. The Labute approximate surface area is 87.9 Å². The molecule has 0 saturated carbocycles. The first-order valence-corrected chi connectivity index (χ1v) is 5.92. The van der Waals surface area contributed by atoms with Crippen LogP contribution in [-0.2, 0) is 0 Å². The van der Waals surface area contributed by atoms with Gasteiger partial charge in [-0.05, 0) is 12.2 Å². The lowest BCUT2D eigenvalue weighted by Crippen LogP contribution is -2.26. The van der Waals surface area contributed by atoms with Crippen LogP contribution in [0.25, 0.3) is 0 Å². The van der Waals surface area contributed by atoms with Crippen LogP contribution in [0.2, 0.25) is 0 Å². The number of hydrogen-bond donors (Lipinski definition) is 1. The summed E-state index contributed by atoms with van der Waals surface area (Å²) in [4.78, 5) is 10.6. The number of nitrogen functional groups attached to an aromatic ring is 1. The van der Waals surface area contributed by atoms with Crippen LogP contribution in [0, 0.1) is 0 Å². The largest absolute Gasteiger partial charge is 0.382 e. The Morgan fingerprint density at radius 3 is 3.07 bits per heavy atom. The van der Waals surface area contributed by atoms with Crippen molar-refractivity contribution in [3.05, 3.63) is 12.4 Å². The summed E-state index contributed by atoms with van der Waals surface area (Å²) in [7, 11) is 0. The average molecular weight is 210 g/mol. The Bertz CT molecular complexity index is 297. The maximum absolute atomic E-state index is 5.60. The molecule has 1 aliphatic rings. The highest BCUT2D eigenvalue weighted by molar-refractivity contribution is 7.99. The zero-order chi connectivity index (χ0) is 9.80. The number of anilines is 2. The fourth-order valence-electron chi connectivity index (χ4n) is 1.50. The van der Waals surface area contributed by atoms with Gasteiger partial charge in [0.2, 0.25) is 0 Å². The second-order valence-electron chi connectivity index (χ2n) is 3.26. The molecule has 0 spiro atoms. The predicted molar refractivity (Wildman–Crippen MR) is 60.6 cm³/mol. The van der Waals surface area contributed by atoms with Crippen LogP contribution in [0.1, 0.15) is 6.42 Å². The Morgan fingerprint density at radius 2 is 2.21 bits per heavy atom. The Morgan fingerprint density at radius 1 is 1.29 bits per heavy atom. The molecule has 0 aromatic carbocycles. The van der Waals surface area contributed by atoms with Gasteiger partial charge in [0.1, 0.15) is 11.6 Å². The van der Waals surface area contributed by atoms with E-state index in [1.807, 2.05) is 11.8 Å². The van der Waals surface area contributed by atoms with Crippen molar-refractivity contribution in [2.75, 3.05) is 35.2 Å². The van der Waals surface area contributed by atoms with E-state index < -0.39 is 0 Å². The Kier molecular flexibility index (Phi) is 3.08. The number of aromatic nitrogens is 2. The van der Waals surface area contributed by atoms with Gasteiger partial charge in [0.05, 0.1) is 12.4 Å². The van der Waals surface area contributed by atoms with E-state index >= 15 is 0 Å². The summed E-state index contributed by atoms with van der Waals surface area (Å²) < 4.78 is 0. The summed E-state index contributed by atoms with van der Waals surface area (Å²) in [5.41, 5.74) is 5.60. The van der Waals surface area contributed by atoms with Crippen LogP contribution in [0.4, 0.5) is 11.6 Å². The molecule has 1 aromatic heterocycles. The molecule has 14 heavy (non-hydrogen) atoms. The summed E-state index contributed by atoms with van der Waals surface area (Å²) in [6, 6.07) is 0. The van der Waals surface area contributed by atoms with Gasteiger partial charge in [-0.25, -0.2) is 4.98 Å². The van der Waals surface area contributed by atoms with Crippen molar-refractivity contribution >= 4 is 23.4 Å². The highest BCUT2D eigenvalue weighted by Gasteiger charge is 2.11. The van der Waals surface area contributed by atoms with Crippen LogP contribution in [0.3, 0.4) is 0 Å². The molecule has 2 rings (SSSR count). The zero-order valence-corrected chi connectivity index (χ0v) is 8.83. The summed E-state index contributed by atoms with van der Waals surface area (Å²) in [5.74, 6) is 3.81. The van der Waals surface area contributed by atoms with Crippen LogP contribution in [0.5, 0.6) is 0 Å². The summed E-state index contributed by atoms with van der Waals surface area (Å²) >= 11 is 2.00. The second-order valence-corrected chi connectivity index (χ2v) is 4.48. The Hall–Kier alpha value is -0.970. The van der Waals surface area contributed by atoms with E-state index in [0.29, 0.717) is 5.82 Å². The molecule has 0 atom stereocenters. The smallest absolute Gasteiger partial charge is 0.149 e. The summed E-state index contributed by atoms with van der Waals surface area (Å²) in [6.07, 6.45) is 4.57. The molecule has 76 valence electrons. The third kappa shape index (κ3) is 2.29. The fraction of sp³-hybridized carbons (Fsp3) is 0.556. The van der Waals surface area contributed by atoms with Crippen LogP contribution in [0.15, 0.2) is 12.4 Å². The van der Waals surface area contributed by atoms with Crippen molar-refractivity contribution in [1.29, 1.82) is 0 Å². The van der Waals surface area contributed by atoms with E-state index in [4.69, 9.17) is 5.73 Å². The molecule has 0 bridgehead atoms. The molecule has 0 unspecified atom stereocenters. The normalized spacial score (nSPS) is 17.9. The van der Waals surface area contributed by atoms with Crippen molar-refractivity contribution in [3.63, 3.8) is 0 Å². The molecule has 5 heteroatoms. The topological polar surface area (TPSA) is 55.0 Å². The molecular formula is C9H14N4S. The molecule has 1 fully saturated rings. The van der Waals surface area contributed by atoms with Crippen LogP contribution < -0.4 is 10.6 Å². The minimum atomic E-state index is 0.499. The molecular weight excluding hydrogens is 196 g/mol. The highest BCUT2D eigenvalue weighted by Crippen LogP contribution is 2.16. The average Bonchev–Trinajstić information content (AvgIpc) is 2.45. The van der Waals surface area contributed by atoms with E-state index in [9.17, 15) is 0 Å². The van der Waals surface area contributed by atoms with Crippen molar-refractivity contribution < 1.29 is 0 Å². The molecule has 0 radical (unpaired) electrons. The zero-order valence-electron chi connectivity index (χ0n) is 8.02. The number of nitrogens with two attached hydrogens (primary N) is 1. The number of rotatable bonds is 1. The Balaban J connectivity index is 2.12. The van der Waals surface area contributed by atoms with Crippen LogP contribution in [-0.4, -0.2) is 34.6 Å². The van der Waals surface area contributed by atoms with Gasteiger partial charge in [-0.3, -0.25) is 4.98 Å². The molecule has 0 aliphatic carbocycles. The van der Waals surface area contributed by atoms with E-state index in [2.05, 4.69) is 14.9 Å². The maximum atomic E-state index is 5.60. The van der Waals surface area contributed by atoms with Gasteiger partial charge in [0.25, 0.3) is 0 Å². The van der Waals surface area contributed by atoms with E-state index in [1.165, 1.54) is 12.2 Å². The molecule has 4 nitrogen and oxygen atoms in total. The van der Waals surface area contributed by atoms with Crippen molar-refractivity contribution in [3.8, 4) is 0 Å². The van der Waals surface area contributed by atoms with Gasteiger partial charge >= 0.3 is 0 Å². The number of nitrogens with zero attached hydrogens (tertiary/aromatic N) is 3. The minimum absolute atomic E-state index is 0.499. The predicted octanol–water partition coefficient (Wildman–Crippen LogP) is 1.00. The molecule has 2 heterocycles.